The van der Waals surface area contributed by atoms with E-state index < -0.39 is 7.12 Å². The maximum absolute atomic E-state index is 12.5. The number of fused-ring (bicyclic) bond motifs is 1. The van der Waals surface area contributed by atoms with Gasteiger partial charge in [0, 0.05) is 12.2 Å². The van der Waals surface area contributed by atoms with Gasteiger partial charge in [-0.1, -0.05) is 12.1 Å². The highest BCUT2D eigenvalue weighted by atomic mass is 16.5. The summed E-state index contributed by atoms with van der Waals surface area (Å²) in [7, 11) is -1.13. The van der Waals surface area contributed by atoms with Crippen molar-refractivity contribution in [3.8, 4) is 5.75 Å². The molecule has 0 radical (unpaired) electrons. The van der Waals surface area contributed by atoms with Crippen LogP contribution in [-0.4, -0.2) is 45.7 Å². The SMILES string of the molecule is CC(=O)c1cccc2c1OB(O)[C@@H](CC(=O)Cc1n[nH]nc1CCCN)C2. The van der Waals surface area contributed by atoms with Crippen molar-refractivity contribution < 1.29 is 19.3 Å². The molecule has 0 saturated carbocycles. The quantitative estimate of drug-likeness (QED) is 0.464. The molecule has 2 aromatic rings. The van der Waals surface area contributed by atoms with Gasteiger partial charge in [-0.15, -0.1) is 0 Å². The number of aryl methyl sites for hydroxylation is 1. The zero-order valence-corrected chi connectivity index (χ0v) is 15.3. The minimum atomic E-state index is -1.13. The molecular formula is C18H23BN4O4. The largest absolute Gasteiger partial charge is 0.535 e. The molecule has 0 aliphatic carbocycles. The van der Waals surface area contributed by atoms with Crippen LogP contribution in [0.15, 0.2) is 18.2 Å². The molecular weight excluding hydrogens is 347 g/mol. The molecule has 142 valence electrons. The summed E-state index contributed by atoms with van der Waals surface area (Å²) in [5.74, 6) is -0.116. The molecule has 2 heterocycles. The molecule has 1 aliphatic rings. The van der Waals surface area contributed by atoms with Crippen LogP contribution in [0.4, 0.5) is 0 Å². The van der Waals surface area contributed by atoms with E-state index in [0.29, 0.717) is 36.4 Å². The van der Waals surface area contributed by atoms with E-state index in [0.717, 1.165) is 17.7 Å². The average molecular weight is 370 g/mol. The third-order valence-electron chi connectivity index (χ3n) is 4.78. The van der Waals surface area contributed by atoms with E-state index in [9.17, 15) is 14.6 Å². The topological polar surface area (TPSA) is 131 Å². The van der Waals surface area contributed by atoms with Crippen molar-refractivity contribution in [3.63, 3.8) is 0 Å². The Kier molecular flexibility index (Phi) is 6.03. The van der Waals surface area contributed by atoms with E-state index in [1.165, 1.54) is 6.92 Å². The number of carbonyl (C=O) groups is 2. The Morgan fingerprint density at radius 1 is 1.37 bits per heavy atom. The van der Waals surface area contributed by atoms with Gasteiger partial charge in [0.15, 0.2) is 5.78 Å². The summed E-state index contributed by atoms with van der Waals surface area (Å²) in [4.78, 5) is 24.2. The van der Waals surface area contributed by atoms with E-state index in [2.05, 4.69) is 15.4 Å². The van der Waals surface area contributed by atoms with Crippen molar-refractivity contribution in [2.75, 3.05) is 6.54 Å². The van der Waals surface area contributed by atoms with Crippen LogP contribution in [0.5, 0.6) is 5.75 Å². The Labute approximate surface area is 157 Å². The van der Waals surface area contributed by atoms with Gasteiger partial charge in [-0.2, -0.15) is 15.4 Å². The Morgan fingerprint density at radius 2 is 2.15 bits per heavy atom. The summed E-state index contributed by atoms with van der Waals surface area (Å²) in [6.45, 7) is 2.01. The van der Waals surface area contributed by atoms with Crippen molar-refractivity contribution in [2.24, 2.45) is 5.73 Å². The van der Waals surface area contributed by atoms with Crippen molar-refractivity contribution in [2.45, 2.75) is 44.8 Å². The number of benzene rings is 1. The van der Waals surface area contributed by atoms with Crippen LogP contribution < -0.4 is 10.4 Å². The number of nitrogens with one attached hydrogen (secondary N) is 1. The van der Waals surface area contributed by atoms with Gasteiger partial charge < -0.3 is 15.4 Å². The molecule has 1 aromatic heterocycles. The highest BCUT2D eigenvalue weighted by Gasteiger charge is 2.37. The zero-order valence-electron chi connectivity index (χ0n) is 15.3. The third-order valence-corrected chi connectivity index (χ3v) is 4.78. The number of rotatable bonds is 8. The van der Waals surface area contributed by atoms with Gasteiger partial charge in [-0.05, 0) is 44.4 Å². The maximum atomic E-state index is 12.5. The van der Waals surface area contributed by atoms with Crippen molar-refractivity contribution >= 4 is 18.7 Å². The number of carbonyl (C=O) groups excluding carboxylic acids is 2. The second kappa shape index (κ2) is 8.45. The molecule has 1 aliphatic heterocycles. The number of ketones is 2. The lowest BCUT2D eigenvalue weighted by Crippen LogP contribution is -2.36. The summed E-state index contributed by atoms with van der Waals surface area (Å²) >= 11 is 0. The van der Waals surface area contributed by atoms with Gasteiger partial charge in [0.25, 0.3) is 0 Å². The number of para-hydroxylation sites is 1. The lowest BCUT2D eigenvalue weighted by atomic mass is 9.64. The maximum Gasteiger partial charge on any atom is 0.526 e. The summed E-state index contributed by atoms with van der Waals surface area (Å²) in [5, 5.41) is 21.0. The van der Waals surface area contributed by atoms with Crippen molar-refractivity contribution in [1.29, 1.82) is 0 Å². The number of hydrogen-bond donors (Lipinski definition) is 3. The number of nitrogens with two attached hydrogens (primary N) is 1. The third kappa shape index (κ3) is 4.43. The molecule has 3 rings (SSSR count). The highest BCUT2D eigenvalue weighted by molar-refractivity contribution is 6.47. The van der Waals surface area contributed by atoms with E-state index in [4.69, 9.17) is 10.4 Å². The molecule has 1 aromatic carbocycles. The molecule has 1 atom stereocenters. The van der Waals surface area contributed by atoms with Gasteiger partial charge in [0.2, 0.25) is 0 Å². The van der Waals surface area contributed by atoms with E-state index in [1.54, 1.807) is 12.1 Å². The molecule has 27 heavy (non-hydrogen) atoms. The molecule has 0 bridgehead atoms. The predicted octanol–water partition coefficient (Wildman–Crippen LogP) is 0.886. The van der Waals surface area contributed by atoms with Gasteiger partial charge in [0.1, 0.15) is 11.5 Å². The van der Waals surface area contributed by atoms with Crippen LogP contribution in [0, 0.1) is 0 Å². The second-order valence-corrected chi connectivity index (χ2v) is 6.85. The van der Waals surface area contributed by atoms with Crippen LogP contribution in [0.2, 0.25) is 5.82 Å². The van der Waals surface area contributed by atoms with Gasteiger partial charge >= 0.3 is 7.12 Å². The van der Waals surface area contributed by atoms with E-state index in [-0.39, 0.29) is 30.2 Å². The lowest BCUT2D eigenvalue weighted by molar-refractivity contribution is -0.118. The molecule has 9 heteroatoms. The van der Waals surface area contributed by atoms with Crippen LogP contribution >= 0.6 is 0 Å². The summed E-state index contributed by atoms with van der Waals surface area (Å²) in [6.07, 6.45) is 2.24. The number of aromatic nitrogens is 3. The smallest absolute Gasteiger partial charge is 0.526 e. The van der Waals surface area contributed by atoms with E-state index in [1.807, 2.05) is 6.07 Å². The number of H-pyrrole nitrogens is 1. The van der Waals surface area contributed by atoms with Crippen LogP contribution in [-0.2, 0) is 24.1 Å². The van der Waals surface area contributed by atoms with Crippen LogP contribution in [0.3, 0.4) is 0 Å². The Hall–Kier alpha value is -2.52. The van der Waals surface area contributed by atoms with E-state index >= 15 is 0 Å². The minimum absolute atomic E-state index is 0.0447. The Bertz CT molecular complexity index is 839. The molecule has 0 spiro atoms. The summed E-state index contributed by atoms with van der Waals surface area (Å²) in [5.41, 5.74) is 8.17. The molecule has 0 fully saturated rings. The first-order chi connectivity index (χ1) is 13.0. The molecule has 0 unspecified atom stereocenters. The van der Waals surface area contributed by atoms with Crippen LogP contribution in [0.25, 0.3) is 0 Å². The molecule has 0 amide bonds. The zero-order chi connectivity index (χ0) is 19.4. The molecule has 8 nitrogen and oxygen atoms in total. The Balaban J connectivity index is 1.66. The lowest BCUT2D eigenvalue weighted by Gasteiger charge is -2.28. The predicted molar refractivity (Wildman–Crippen MR) is 99.6 cm³/mol. The molecule has 4 N–H and O–H groups in total. The minimum Gasteiger partial charge on any atom is -0.535 e. The fraction of sp³-hybridized carbons (Fsp3) is 0.444. The number of nitrogens with zero attached hydrogens (tertiary/aromatic N) is 2. The number of aromatic amines is 1. The standard InChI is InChI=1S/C18H23BN4O4/c1-11(24)15-5-2-4-12-8-13(19(26)27-18(12)15)9-14(25)10-17-16(6-3-7-20)21-23-22-17/h2,4-5,13,26H,3,6-10,20H2,1H3,(H,21,22,23)/t13-/m1/s1. The first kappa shape index (κ1) is 19.3. The monoisotopic (exact) mass is 370 g/mol. The number of Topliss-reactive ketones (excluding diaryl/α,β-unsaturated/α-hetero) is 2. The first-order valence-electron chi connectivity index (χ1n) is 9.07. The van der Waals surface area contributed by atoms with Crippen molar-refractivity contribution in [3.05, 3.63) is 40.7 Å². The fourth-order valence-corrected chi connectivity index (χ4v) is 3.37. The number of hydrogen-bond acceptors (Lipinski definition) is 7. The summed E-state index contributed by atoms with van der Waals surface area (Å²) in [6, 6.07) is 5.31. The normalized spacial score (nSPS) is 16.0. The first-order valence-corrected chi connectivity index (χ1v) is 9.07. The highest BCUT2D eigenvalue weighted by Crippen LogP contribution is 2.36. The summed E-state index contributed by atoms with van der Waals surface area (Å²) < 4.78 is 5.58. The van der Waals surface area contributed by atoms with Gasteiger partial charge in [0.05, 0.1) is 23.4 Å². The average Bonchev–Trinajstić information content (AvgIpc) is 3.06. The Morgan fingerprint density at radius 3 is 2.89 bits per heavy atom. The van der Waals surface area contributed by atoms with Gasteiger partial charge in [-0.3, -0.25) is 9.59 Å². The van der Waals surface area contributed by atoms with Crippen LogP contribution in [0.1, 0.15) is 47.1 Å². The van der Waals surface area contributed by atoms with Crippen molar-refractivity contribution in [1.82, 2.24) is 15.4 Å². The second-order valence-electron chi connectivity index (χ2n) is 6.85. The molecule has 0 saturated heterocycles. The fourth-order valence-electron chi connectivity index (χ4n) is 3.37. The van der Waals surface area contributed by atoms with Gasteiger partial charge in [-0.25, -0.2) is 0 Å².